The minimum Gasteiger partial charge on any atom is -0.377 e. The minimum absolute atomic E-state index is 0.120. The molecule has 3 nitrogen and oxygen atoms in total. The fourth-order valence-electron chi connectivity index (χ4n) is 7.80. The maximum Gasteiger partial charge on any atom is 0.162 e. The summed E-state index contributed by atoms with van der Waals surface area (Å²) < 4.78 is 5.49. The number of nitrogens with zero attached hydrogens (tertiary/aromatic N) is 1. The molecule has 160 valence electrons. The van der Waals surface area contributed by atoms with Gasteiger partial charge in [0.2, 0.25) is 0 Å². The van der Waals surface area contributed by atoms with Gasteiger partial charge >= 0.3 is 0 Å². The Morgan fingerprint density at radius 3 is 2.71 bits per heavy atom. The topological polar surface area (TPSA) is 46.3 Å². The van der Waals surface area contributed by atoms with Gasteiger partial charge in [0.1, 0.15) is 5.60 Å². The molecule has 3 saturated carbocycles. The number of hydrogen-bond donors (Lipinski definition) is 1. The van der Waals surface area contributed by atoms with E-state index >= 15 is 0 Å². The summed E-state index contributed by atoms with van der Waals surface area (Å²) in [6, 6.07) is 10.1. The van der Waals surface area contributed by atoms with Crippen molar-refractivity contribution in [3.05, 3.63) is 59.0 Å². The van der Waals surface area contributed by atoms with Gasteiger partial charge in [-0.2, -0.15) is 0 Å². The van der Waals surface area contributed by atoms with Gasteiger partial charge in [-0.15, -0.1) is 0 Å². The molecule has 3 fully saturated rings. The fourth-order valence-corrected chi connectivity index (χ4v) is 7.80. The van der Waals surface area contributed by atoms with Crippen LogP contribution in [0.1, 0.15) is 69.3 Å². The maximum atomic E-state index is 11.8. The molecule has 31 heavy (non-hydrogen) atoms. The Labute approximate surface area is 184 Å². The number of aromatic nitrogens is 1. The van der Waals surface area contributed by atoms with Gasteiger partial charge in [-0.25, -0.2) is 0 Å². The first kappa shape index (κ1) is 19.4. The number of allylic oxidation sites excluding steroid dienone is 1. The Balaban J connectivity index is 1.32. The molecule has 2 aromatic rings. The van der Waals surface area contributed by atoms with Gasteiger partial charge in [-0.1, -0.05) is 54.6 Å². The third kappa shape index (κ3) is 2.67. The van der Waals surface area contributed by atoms with E-state index in [1.807, 2.05) is 36.5 Å². The van der Waals surface area contributed by atoms with Gasteiger partial charge in [0.15, 0.2) is 5.76 Å². The molecular formula is C28H31NO2. The summed E-state index contributed by atoms with van der Waals surface area (Å²) in [5, 5.41) is 15.8. The van der Waals surface area contributed by atoms with Gasteiger partial charge in [0.05, 0.1) is 6.20 Å². The van der Waals surface area contributed by atoms with Crippen molar-refractivity contribution in [3.63, 3.8) is 0 Å². The second-order valence-corrected chi connectivity index (χ2v) is 10.9. The molecule has 3 heteroatoms. The van der Waals surface area contributed by atoms with E-state index in [-0.39, 0.29) is 10.8 Å². The van der Waals surface area contributed by atoms with Crippen LogP contribution < -0.4 is 0 Å². The van der Waals surface area contributed by atoms with Crippen LogP contribution in [0.5, 0.6) is 0 Å². The zero-order valence-corrected chi connectivity index (χ0v) is 18.5. The van der Waals surface area contributed by atoms with Gasteiger partial charge in [-0.3, -0.25) is 0 Å². The van der Waals surface area contributed by atoms with Gasteiger partial charge in [0, 0.05) is 16.5 Å². The minimum atomic E-state index is -0.885. The highest BCUT2D eigenvalue weighted by molar-refractivity contribution is 5.57. The van der Waals surface area contributed by atoms with E-state index in [2.05, 4.69) is 36.9 Å². The Morgan fingerprint density at radius 2 is 1.87 bits per heavy atom. The smallest absolute Gasteiger partial charge is 0.162 e. The number of rotatable bonds is 0. The van der Waals surface area contributed by atoms with Crippen LogP contribution in [0.2, 0.25) is 0 Å². The Kier molecular flexibility index (Phi) is 4.12. The van der Waals surface area contributed by atoms with Crippen LogP contribution in [0.3, 0.4) is 0 Å². The molecule has 1 heterocycles. The average Bonchev–Trinajstić information content (AvgIpc) is 3.32. The molecule has 0 saturated heterocycles. The average molecular weight is 414 g/mol. The summed E-state index contributed by atoms with van der Waals surface area (Å²) in [6.45, 7) is 4.80. The summed E-state index contributed by atoms with van der Waals surface area (Å²) >= 11 is 0. The quantitative estimate of drug-likeness (QED) is 0.569. The Morgan fingerprint density at radius 1 is 1.06 bits per heavy atom. The van der Waals surface area contributed by atoms with Crippen LogP contribution in [-0.4, -0.2) is 15.9 Å². The number of fused-ring (bicyclic) bond motifs is 6. The highest BCUT2D eigenvalue weighted by Gasteiger charge is 2.63. The monoisotopic (exact) mass is 413 g/mol. The van der Waals surface area contributed by atoms with Crippen molar-refractivity contribution < 1.29 is 9.63 Å². The lowest BCUT2D eigenvalue weighted by Crippen LogP contribution is -2.54. The third-order valence-electron chi connectivity index (χ3n) is 9.61. The van der Waals surface area contributed by atoms with E-state index in [1.54, 1.807) is 5.57 Å². The van der Waals surface area contributed by atoms with Crippen LogP contribution in [0.15, 0.2) is 46.6 Å². The molecule has 6 rings (SSSR count). The first-order valence-electron chi connectivity index (χ1n) is 11.9. The van der Waals surface area contributed by atoms with Crippen molar-refractivity contribution in [1.82, 2.24) is 5.16 Å². The Bertz CT molecular complexity index is 1100. The molecule has 0 spiro atoms. The molecular weight excluding hydrogens is 382 g/mol. The molecule has 1 aromatic heterocycles. The lowest BCUT2D eigenvalue weighted by Gasteiger charge is -2.58. The van der Waals surface area contributed by atoms with Crippen LogP contribution in [0, 0.1) is 40.4 Å². The highest BCUT2D eigenvalue weighted by atomic mass is 16.5. The van der Waals surface area contributed by atoms with Crippen LogP contribution in [0.25, 0.3) is 6.08 Å². The molecule has 4 aliphatic rings. The number of hydrogen-bond acceptors (Lipinski definition) is 3. The maximum absolute atomic E-state index is 11.8. The van der Waals surface area contributed by atoms with Crippen molar-refractivity contribution in [2.75, 3.05) is 0 Å². The summed E-state index contributed by atoms with van der Waals surface area (Å²) in [6.07, 6.45) is 11.7. The van der Waals surface area contributed by atoms with E-state index in [0.717, 1.165) is 43.4 Å². The predicted octanol–water partition coefficient (Wildman–Crippen LogP) is 5.64. The van der Waals surface area contributed by atoms with E-state index < -0.39 is 5.60 Å². The van der Waals surface area contributed by atoms with E-state index in [0.29, 0.717) is 17.8 Å². The summed E-state index contributed by atoms with van der Waals surface area (Å²) in [4.78, 5) is 0. The second kappa shape index (κ2) is 6.59. The lowest BCUT2D eigenvalue weighted by atomic mass is 9.46. The fraction of sp³-hybridized carbons (Fsp3) is 0.536. The molecule has 4 aliphatic carbocycles. The van der Waals surface area contributed by atoms with Crippen molar-refractivity contribution in [2.24, 2.45) is 28.6 Å². The van der Waals surface area contributed by atoms with Gasteiger partial charge < -0.3 is 9.63 Å². The van der Waals surface area contributed by atoms with Crippen molar-refractivity contribution in [1.29, 1.82) is 0 Å². The summed E-state index contributed by atoms with van der Waals surface area (Å²) in [5.41, 5.74) is 2.99. The van der Waals surface area contributed by atoms with E-state index in [1.165, 1.54) is 18.4 Å². The van der Waals surface area contributed by atoms with Crippen LogP contribution in [0.4, 0.5) is 0 Å². The van der Waals surface area contributed by atoms with Gasteiger partial charge in [0.25, 0.3) is 0 Å². The zero-order chi connectivity index (χ0) is 21.3. The van der Waals surface area contributed by atoms with E-state index in [4.69, 9.17) is 4.52 Å². The molecule has 6 atom stereocenters. The molecule has 0 aliphatic heterocycles. The molecule has 1 aromatic carbocycles. The van der Waals surface area contributed by atoms with E-state index in [9.17, 15) is 5.11 Å². The molecule has 0 radical (unpaired) electrons. The lowest BCUT2D eigenvalue weighted by molar-refractivity contribution is -0.0975. The van der Waals surface area contributed by atoms with Crippen molar-refractivity contribution >= 4 is 6.08 Å². The highest BCUT2D eigenvalue weighted by Crippen LogP contribution is 2.67. The molecule has 0 bridgehead atoms. The molecule has 0 unspecified atom stereocenters. The third-order valence-corrected chi connectivity index (χ3v) is 9.61. The number of aliphatic hydroxyl groups is 1. The Hall–Kier alpha value is -2.31. The molecule has 0 amide bonds. The van der Waals surface area contributed by atoms with Crippen molar-refractivity contribution in [3.8, 4) is 11.8 Å². The molecule has 1 N–H and O–H groups in total. The SMILES string of the molecule is C[C@]12Cc3cnoc3C=C1CC[C@@H]1[C@@H]2CC[C@@]2(C)[C@H]1CC[C@@]2(O)C#Cc1ccccc1. The first-order valence-corrected chi connectivity index (χ1v) is 11.9. The summed E-state index contributed by atoms with van der Waals surface area (Å²) in [7, 11) is 0. The zero-order valence-electron chi connectivity index (χ0n) is 18.5. The first-order chi connectivity index (χ1) is 14.9. The largest absolute Gasteiger partial charge is 0.377 e. The normalized spacial score (nSPS) is 40.5. The summed E-state index contributed by atoms with van der Waals surface area (Å²) in [5.74, 6) is 9.49. The predicted molar refractivity (Wildman–Crippen MR) is 121 cm³/mol. The van der Waals surface area contributed by atoms with Crippen molar-refractivity contribution in [2.45, 2.75) is 64.4 Å². The second-order valence-electron chi connectivity index (χ2n) is 10.9. The van der Waals surface area contributed by atoms with Crippen LogP contribution in [-0.2, 0) is 6.42 Å². The number of benzene rings is 1. The van der Waals surface area contributed by atoms with Gasteiger partial charge in [-0.05, 0) is 86.3 Å². The standard InChI is InChI=1S/C28H31NO2/c1-26-17-20-18-29-31-25(20)16-21(26)8-9-22-23(26)11-13-27(2)24(22)12-15-28(27,30)14-10-19-6-4-3-5-7-19/h3-7,16,18,22-24,30H,8-9,11-13,15,17H2,1-2H3/t22-,23+,24+,26+,27+,28+/m1/s1. The van der Waals surface area contributed by atoms with Crippen LogP contribution >= 0.6 is 0 Å².